The number of benzene rings is 8. The van der Waals surface area contributed by atoms with Gasteiger partial charge in [0.2, 0.25) is 39.3 Å². The highest BCUT2D eigenvalue weighted by molar-refractivity contribution is 7.92. The highest BCUT2D eigenvalue weighted by Crippen LogP contribution is 2.30. The summed E-state index contributed by atoms with van der Waals surface area (Å²) >= 11 is 0. The third-order valence-electron chi connectivity index (χ3n) is 11.8. The lowest BCUT2D eigenvalue weighted by atomic mass is 10.3. The first-order chi connectivity index (χ1) is 38.2. The molecular formula is C57H52O19S4. The van der Waals surface area contributed by atoms with Crippen molar-refractivity contribution in [1.82, 2.24) is 0 Å². The van der Waals surface area contributed by atoms with Crippen molar-refractivity contribution in [3.8, 4) is 46.0 Å². The molecule has 0 amide bonds. The molecule has 0 heterocycles. The van der Waals surface area contributed by atoms with E-state index in [1.165, 1.54) is 194 Å². The summed E-state index contributed by atoms with van der Waals surface area (Å²) in [5.74, 6) is 1.59. The molecular weight excluding hydrogens is 1120 g/mol. The molecule has 8 rings (SSSR count). The molecule has 0 fully saturated rings. The second-order valence-electron chi connectivity index (χ2n) is 17.7. The van der Waals surface area contributed by atoms with Gasteiger partial charge in [-0.3, -0.25) is 0 Å². The van der Waals surface area contributed by atoms with Gasteiger partial charge in [0, 0.05) is 0 Å². The largest absolute Gasteiger partial charge is 0.508 e. The molecule has 0 bridgehead atoms. The lowest BCUT2D eigenvalue weighted by Gasteiger charge is -2.15. The van der Waals surface area contributed by atoms with E-state index in [4.69, 9.17) is 28.4 Å². The number of aliphatic hydroxyl groups is 3. The van der Waals surface area contributed by atoms with Gasteiger partial charge in [0.25, 0.3) is 0 Å². The lowest BCUT2D eigenvalue weighted by Crippen LogP contribution is -2.25. The van der Waals surface area contributed by atoms with Crippen molar-refractivity contribution < 1.29 is 87.6 Å². The molecule has 0 saturated heterocycles. The molecule has 5 N–H and O–H groups in total. The van der Waals surface area contributed by atoms with Crippen LogP contribution in [0, 0.1) is 0 Å². The van der Waals surface area contributed by atoms with E-state index in [9.17, 15) is 59.2 Å². The minimum Gasteiger partial charge on any atom is -0.508 e. The van der Waals surface area contributed by atoms with Gasteiger partial charge in [-0.15, -0.1) is 0 Å². The van der Waals surface area contributed by atoms with Crippen molar-refractivity contribution in [3.05, 3.63) is 194 Å². The van der Waals surface area contributed by atoms with Crippen LogP contribution < -0.4 is 28.4 Å². The number of aromatic hydroxyl groups is 2. The molecule has 2 atom stereocenters. The third kappa shape index (κ3) is 14.7. The van der Waals surface area contributed by atoms with Crippen LogP contribution in [0.15, 0.2) is 233 Å². The Morgan fingerprint density at radius 2 is 0.362 bits per heavy atom. The fourth-order valence-electron chi connectivity index (χ4n) is 7.38. The summed E-state index contributed by atoms with van der Waals surface area (Å²) in [4.78, 5) is -0.0363. The Balaban J connectivity index is 0.722. The Hall–Kier alpha value is -8.16. The maximum Gasteiger partial charge on any atom is 0.206 e. The third-order valence-corrected chi connectivity index (χ3v) is 18.9. The molecule has 80 heavy (non-hydrogen) atoms. The van der Waals surface area contributed by atoms with Crippen LogP contribution in [0.25, 0.3) is 0 Å². The Morgan fingerprint density at radius 3 is 0.500 bits per heavy atom. The molecule has 0 spiro atoms. The summed E-state index contributed by atoms with van der Waals surface area (Å²) in [7, 11) is -15.6. The van der Waals surface area contributed by atoms with Crippen LogP contribution in [0.4, 0.5) is 0 Å². The van der Waals surface area contributed by atoms with E-state index in [2.05, 4.69) is 0 Å². The van der Waals surface area contributed by atoms with Gasteiger partial charge in [-0.25, -0.2) is 33.7 Å². The van der Waals surface area contributed by atoms with E-state index in [-0.39, 0.29) is 113 Å². The first-order valence-corrected chi connectivity index (χ1v) is 30.1. The van der Waals surface area contributed by atoms with Crippen LogP contribution in [0.2, 0.25) is 0 Å². The molecule has 2 unspecified atom stereocenters. The molecule has 418 valence electrons. The lowest BCUT2D eigenvalue weighted by molar-refractivity contribution is 0.0626. The molecule has 0 aliphatic rings. The van der Waals surface area contributed by atoms with Crippen LogP contribution in [0.3, 0.4) is 0 Å². The van der Waals surface area contributed by atoms with E-state index in [0.29, 0.717) is 11.5 Å². The quantitative estimate of drug-likeness (QED) is 0.0369. The van der Waals surface area contributed by atoms with Crippen LogP contribution in [0.1, 0.15) is 0 Å². The highest BCUT2D eigenvalue weighted by Gasteiger charge is 2.23. The van der Waals surface area contributed by atoms with Gasteiger partial charge in [-0.1, -0.05) is 0 Å². The zero-order valence-corrected chi connectivity index (χ0v) is 45.3. The van der Waals surface area contributed by atoms with Gasteiger partial charge >= 0.3 is 0 Å². The highest BCUT2D eigenvalue weighted by atomic mass is 32.2. The first kappa shape index (κ1) is 58.0. The number of ether oxygens (including phenoxy) is 6. The predicted octanol–water partition coefficient (Wildman–Crippen LogP) is 6.89. The van der Waals surface area contributed by atoms with Crippen LogP contribution in [-0.4, -0.2) is 117 Å². The van der Waals surface area contributed by atoms with Crippen molar-refractivity contribution in [2.24, 2.45) is 0 Å². The number of sulfone groups is 4. The monoisotopic (exact) mass is 1170 g/mol. The van der Waals surface area contributed by atoms with Gasteiger partial charge in [-0.05, 0) is 194 Å². The molecule has 0 aliphatic carbocycles. The minimum absolute atomic E-state index is 0.0139. The standard InChI is InChI=1S/C57H52O19S4/c58-39-1-17-50(18-2-39)77(63,64)52-21-5-44(6-22-52)71-33-41(60)35-73-46-9-25-54(26-10-46)79(67,68)56-29-13-48(14-30-56)75-37-43(62)38-76-49-15-31-57(32-16-49)80(69,70)55-27-11-47(12-28-55)74-36-42(61)34-72-45-7-23-53(24-8-45)78(65,66)51-19-3-40(59)4-20-51/h1-32,41-43,58-62H,33-38H2. The fourth-order valence-corrected chi connectivity index (χ4v) is 12.4. The molecule has 23 heteroatoms. The zero-order valence-electron chi connectivity index (χ0n) is 42.0. The molecule has 0 aromatic heterocycles. The Labute approximate surface area is 461 Å². The maximum atomic E-state index is 13.4. The summed E-state index contributed by atoms with van der Waals surface area (Å²) in [6.45, 7) is -1.20. The number of aliphatic hydroxyl groups excluding tert-OH is 3. The second-order valence-corrected chi connectivity index (χ2v) is 25.5. The van der Waals surface area contributed by atoms with Crippen molar-refractivity contribution >= 4 is 39.3 Å². The van der Waals surface area contributed by atoms with Crippen molar-refractivity contribution in [2.45, 2.75) is 57.5 Å². The molecule has 0 aliphatic heterocycles. The average Bonchev–Trinajstić information content (AvgIpc) is 3.47. The molecule has 0 radical (unpaired) electrons. The van der Waals surface area contributed by atoms with Gasteiger partial charge in [0.1, 0.15) is 104 Å². The Bertz CT molecular complexity index is 3540. The molecule has 8 aromatic carbocycles. The zero-order chi connectivity index (χ0) is 57.1. The SMILES string of the molecule is O=S(=O)(c1ccc(O)cc1)c1ccc(OCC(O)COc2ccc(S(=O)(=O)c3ccc(OCC(O)COc4ccc(S(=O)(=O)c5ccc(OCC(O)COc6ccc(S(=O)(=O)c7ccc(O)cc7)cc6)cc5)cc4)cc3)cc2)cc1. The van der Waals surface area contributed by atoms with E-state index < -0.39 is 57.7 Å². The van der Waals surface area contributed by atoms with E-state index in [0.717, 1.165) is 0 Å². The molecule has 19 nitrogen and oxygen atoms in total. The molecule has 8 aromatic rings. The second kappa shape index (κ2) is 25.3. The van der Waals surface area contributed by atoms with Crippen molar-refractivity contribution in [2.75, 3.05) is 39.6 Å². The van der Waals surface area contributed by atoms with Crippen LogP contribution in [-0.2, 0) is 39.3 Å². The van der Waals surface area contributed by atoms with Crippen molar-refractivity contribution in [1.29, 1.82) is 0 Å². The fraction of sp³-hybridized carbons (Fsp3) is 0.158. The number of rotatable bonds is 26. The molecule has 0 saturated carbocycles. The smallest absolute Gasteiger partial charge is 0.206 e. The van der Waals surface area contributed by atoms with Crippen LogP contribution in [0.5, 0.6) is 46.0 Å². The van der Waals surface area contributed by atoms with E-state index in [1.54, 1.807) is 0 Å². The van der Waals surface area contributed by atoms with Gasteiger partial charge in [0.05, 0.1) is 39.2 Å². The van der Waals surface area contributed by atoms with Gasteiger partial charge in [-0.2, -0.15) is 0 Å². The summed E-state index contributed by atoms with van der Waals surface area (Å²) < 4.78 is 139. The van der Waals surface area contributed by atoms with Crippen molar-refractivity contribution in [3.63, 3.8) is 0 Å². The van der Waals surface area contributed by atoms with Gasteiger partial charge < -0.3 is 54.0 Å². The summed E-state index contributed by atoms with van der Waals surface area (Å²) in [6, 6.07) is 43.8. The van der Waals surface area contributed by atoms with E-state index in [1.807, 2.05) is 0 Å². The normalized spacial score (nSPS) is 13.1. The van der Waals surface area contributed by atoms with Crippen LogP contribution >= 0.6 is 0 Å². The number of phenolic OH excluding ortho intramolecular Hbond substituents is 2. The topological polar surface area (TPSA) is 293 Å². The minimum atomic E-state index is -3.96. The Kier molecular flexibility index (Phi) is 18.4. The number of hydrogen-bond acceptors (Lipinski definition) is 19. The first-order valence-electron chi connectivity index (χ1n) is 24.2. The number of hydrogen-bond donors (Lipinski definition) is 5. The predicted molar refractivity (Wildman–Crippen MR) is 288 cm³/mol. The maximum absolute atomic E-state index is 13.4. The number of phenols is 2. The van der Waals surface area contributed by atoms with Gasteiger partial charge in [0.15, 0.2) is 0 Å². The average molecular weight is 1170 g/mol. The van der Waals surface area contributed by atoms with E-state index >= 15 is 0 Å². The Morgan fingerprint density at radius 1 is 0.237 bits per heavy atom. The summed E-state index contributed by atoms with van der Waals surface area (Å²) in [5, 5.41) is 50.3. The summed E-state index contributed by atoms with van der Waals surface area (Å²) in [5.41, 5.74) is 0. The summed E-state index contributed by atoms with van der Waals surface area (Å²) in [6.07, 6.45) is -3.31.